The number of hydrogen-bond acceptors (Lipinski definition) is 6. The number of likely N-dealkylation sites (tertiary alicyclic amines) is 1. The van der Waals surface area contributed by atoms with Crippen molar-refractivity contribution in [2.24, 2.45) is 5.92 Å². The summed E-state index contributed by atoms with van der Waals surface area (Å²) in [6.07, 6.45) is 3.32. The lowest BCUT2D eigenvalue weighted by molar-refractivity contribution is -0.125. The Hall–Kier alpha value is -2.95. The van der Waals surface area contributed by atoms with Crippen LogP contribution in [0.4, 0.5) is 5.69 Å². The van der Waals surface area contributed by atoms with Gasteiger partial charge in [0.15, 0.2) is 6.61 Å². The highest BCUT2D eigenvalue weighted by Crippen LogP contribution is 2.35. The largest absolute Gasteiger partial charge is 0.482 e. The topological polar surface area (TPSA) is 99.3 Å². The number of fused-ring (bicyclic) bond motifs is 1. The fourth-order valence-electron chi connectivity index (χ4n) is 5.38. The number of nitrogens with zero attached hydrogens (tertiary/aromatic N) is 3. The van der Waals surface area contributed by atoms with E-state index < -0.39 is 10.0 Å². The van der Waals surface area contributed by atoms with Gasteiger partial charge in [-0.2, -0.15) is 4.31 Å². The van der Waals surface area contributed by atoms with Crippen molar-refractivity contribution >= 4 is 27.5 Å². The van der Waals surface area contributed by atoms with Crippen LogP contribution in [-0.2, 0) is 26.2 Å². The van der Waals surface area contributed by atoms with E-state index in [1.54, 1.807) is 6.07 Å². The first-order valence-electron chi connectivity index (χ1n) is 13.4. The van der Waals surface area contributed by atoms with Crippen LogP contribution < -0.4 is 15.0 Å². The van der Waals surface area contributed by atoms with E-state index in [-0.39, 0.29) is 35.9 Å². The van der Waals surface area contributed by atoms with E-state index in [4.69, 9.17) is 4.74 Å². The number of anilines is 1. The van der Waals surface area contributed by atoms with Gasteiger partial charge in [-0.15, -0.1) is 0 Å². The third kappa shape index (κ3) is 6.03. The van der Waals surface area contributed by atoms with E-state index in [0.29, 0.717) is 30.4 Å². The molecule has 0 aliphatic carbocycles. The summed E-state index contributed by atoms with van der Waals surface area (Å²) in [5.41, 5.74) is 1.59. The molecule has 3 heterocycles. The number of piperidine rings is 2. The summed E-state index contributed by atoms with van der Waals surface area (Å²) in [5.74, 6) is 0.275. The molecular formula is C28H36N4O5S. The highest BCUT2D eigenvalue weighted by Gasteiger charge is 2.33. The maximum atomic E-state index is 13.3. The predicted octanol–water partition coefficient (Wildman–Crippen LogP) is 2.61. The molecule has 2 aromatic carbocycles. The summed E-state index contributed by atoms with van der Waals surface area (Å²) in [5, 5.41) is 3.08. The lowest BCUT2D eigenvalue weighted by atomic mass is 10.0. The zero-order chi connectivity index (χ0) is 26.7. The Morgan fingerprint density at radius 3 is 2.42 bits per heavy atom. The Labute approximate surface area is 224 Å². The Kier molecular flexibility index (Phi) is 8.01. The minimum absolute atomic E-state index is 0.0401. The van der Waals surface area contributed by atoms with Crippen LogP contribution in [0.5, 0.6) is 5.75 Å². The van der Waals surface area contributed by atoms with Gasteiger partial charge < -0.3 is 10.1 Å². The quantitative estimate of drug-likeness (QED) is 0.580. The molecule has 2 fully saturated rings. The number of rotatable bonds is 7. The first kappa shape index (κ1) is 26.6. The second kappa shape index (κ2) is 11.4. The minimum Gasteiger partial charge on any atom is -0.482 e. The molecule has 2 aromatic rings. The molecule has 2 amide bonds. The average molecular weight is 541 g/mol. The highest BCUT2D eigenvalue weighted by molar-refractivity contribution is 7.89. The molecule has 3 aliphatic rings. The second-order valence-electron chi connectivity index (χ2n) is 10.6. The fraction of sp³-hybridized carbons (Fsp3) is 0.500. The summed E-state index contributed by atoms with van der Waals surface area (Å²) in [7, 11) is -3.70. The number of hydrogen-bond donors (Lipinski definition) is 1. The Morgan fingerprint density at radius 1 is 1.00 bits per heavy atom. The number of carbonyl (C=O) groups excluding carboxylic acids is 2. The van der Waals surface area contributed by atoms with Crippen molar-refractivity contribution < 1.29 is 22.7 Å². The van der Waals surface area contributed by atoms with Gasteiger partial charge in [0.1, 0.15) is 12.3 Å². The van der Waals surface area contributed by atoms with Crippen molar-refractivity contribution in [2.45, 2.75) is 50.1 Å². The van der Waals surface area contributed by atoms with Crippen LogP contribution in [0.15, 0.2) is 53.4 Å². The number of amides is 2. The van der Waals surface area contributed by atoms with Crippen molar-refractivity contribution in [3.63, 3.8) is 0 Å². The van der Waals surface area contributed by atoms with Gasteiger partial charge in [0.05, 0.1) is 10.6 Å². The number of benzene rings is 2. The second-order valence-corrected chi connectivity index (χ2v) is 12.5. The monoisotopic (exact) mass is 540 g/mol. The minimum atomic E-state index is -3.70. The molecule has 0 aromatic heterocycles. The van der Waals surface area contributed by atoms with Crippen LogP contribution in [0.25, 0.3) is 0 Å². The Morgan fingerprint density at radius 2 is 1.71 bits per heavy atom. The first-order chi connectivity index (χ1) is 18.3. The van der Waals surface area contributed by atoms with E-state index in [9.17, 15) is 18.0 Å². The SMILES string of the molecule is CC1CCN(S(=O)(=O)c2ccc3c(c2)N(CC(=O)NC2CCN(Cc4ccccc4)CC2)C(=O)CO3)CC1. The number of sulfonamides is 1. The van der Waals surface area contributed by atoms with Crippen molar-refractivity contribution in [1.82, 2.24) is 14.5 Å². The van der Waals surface area contributed by atoms with Gasteiger partial charge in [0, 0.05) is 38.8 Å². The lowest BCUT2D eigenvalue weighted by Crippen LogP contribution is -2.49. The number of ether oxygens (including phenoxy) is 1. The summed E-state index contributed by atoms with van der Waals surface area (Å²) in [6.45, 7) is 5.38. The van der Waals surface area contributed by atoms with Gasteiger partial charge >= 0.3 is 0 Å². The molecule has 0 saturated carbocycles. The average Bonchev–Trinajstić information content (AvgIpc) is 2.92. The van der Waals surface area contributed by atoms with Crippen molar-refractivity contribution in [3.05, 3.63) is 54.1 Å². The summed E-state index contributed by atoms with van der Waals surface area (Å²) < 4.78 is 33.6. The summed E-state index contributed by atoms with van der Waals surface area (Å²) in [6, 6.07) is 14.9. The van der Waals surface area contributed by atoms with Crippen molar-refractivity contribution in [2.75, 3.05) is 44.2 Å². The molecule has 5 rings (SSSR count). The predicted molar refractivity (Wildman–Crippen MR) is 144 cm³/mol. The highest BCUT2D eigenvalue weighted by atomic mass is 32.2. The molecule has 0 spiro atoms. The van der Waals surface area contributed by atoms with Crippen LogP contribution in [0, 0.1) is 5.92 Å². The van der Waals surface area contributed by atoms with Crippen molar-refractivity contribution in [3.8, 4) is 5.75 Å². The maximum absolute atomic E-state index is 13.3. The van der Waals surface area contributed by atoms with Crippen LogP contribution in [0.2, 0.25) is 0 Å². The van der Waals surface area contributed by atoms with Crippen LogP contribution >= 0.6 is 0 Å². The smallest absolute Gasteiger partial charge is 0.265 e. The molecule has 0 unspecified atom stereocenters. The van der Waals surface area contributed by atoms with E-state index in [0.717, 1.165) is 45.3 Å². The van der Waals surface area contributed by atoms with Gasteiger partial charge in [-0.05, 0) is 55.4 Å². The maximum Gasteiger partial charge on any atom is 0.265 e. The lowest BCUT2D eigenvalue weighted by Gasteiger charge is -2.34. The molecule has 0 radical (unpaired) electrons. The molecule has 204 valence electrons. The normalized spacial score (nSPS) is 20.1. The zero-order valence-electron chi connectivity index (χ0n) is 21.8. The summed E-state index contributed by atoms with van der Waals surface area (Å²) >= 11 is 0. The molecule has 9 nitrogen and oxygen atoms in total. The van der Waals surface area contributed by atoms with E-state index in [1.165, 1.54) is 26.9 Å². The van der Waals surface area contributed by atoms with Gasteiger partial charge in [0.2, 0.25) is 15.9 Å². The standard InChI is InChI=1S/C28H36N4O5S/c1-21-9-15-31(16-10-21)38(35,36)24-7-8-26-25(17-24)32(28(34)20-37-26)19-27(33)29-23-11-13-30(14-12-23)18-22-5-3-2-4-6-22/h2-8,17,21,23H,9-16,18-20H2,1H3,(H,29,33). The van der Waals surface area contributed by atoms with Gasteiger partial charge in [-0.25, -0.2) is 8.42 Å². The van der Waals surface area contributed by atoms with E-state index in [1.807, 2.05) is 18.2 Å². The Balaban J connectivity index is 1.21. The van der Waals surface area contributed by atoms with Gasteiger partial charge in [-0.3, -0.25) is 19.4 Å². The van der Waals surface area contributed by atoms with Gasteiger partial charge in [-0.1, -0.05) is 37.3 Å². The number of carbonyl (C=O) groups is 2. The third-order valence-corrected chi connectivity index (χ3v) is 9.65. The van der Waals surface area contributed by atoms with Crippen LogP contribution in [0.3, 0.4) is 0 Å². The first-order valence-corrected chi connectivity index (χ1v) is 14.9. The van der Waals surface area contributed by atoms with E-state index in [2.05, 4.69) is 29.3 Å². The third-order valence-electron chi connectivity index (χ3n) is 7.76. The van der Waals surface area contributed by atoms with Crippen LogP contribution in [0.1, 0.15) is 38.2 Å². The molecular weight excluding hydrogens is 504 g/mol. The molecule has 0 atom stereocenters. The molecule has 10 heteroatoms. The fourth-order valence-corrected chi connectivity index (χ4v) is 6.87. The molecule has 3 aliphatic heterocycles. The van der Waals surface area contributed by atoms with Crippen LogP contribution in [-0.4, -0.2) is 74.8 Å². The van der Waals surface area contributed by atoms with Crippen molar-refractivity contribution in [1.29, 1.82) is 0 Å². The summed E-state index contributed by atoms with van der Waals surface area (Å²) in [4.78, 5) is 29.6. The number of nitrogens with one attached hydrogen (secondary N) is 1. The molecule has 0 bridgehead atoms. The molecule has 2 saturated heterocycles. The molecule has 1 N–H and O–H groups in total. The zero-order valence-corrected chi connectivity index (χ0v) is 22.7. The van der Waals surface area contributed by atoms with Gasteiger partial charge in [0.25, 0.3) is 5.91 Å². The Bertz CT molecular complexity index is 1250. The molecule has 38 heavy (non-hydrogen) atoms. The van der Waals surface area contributed by atoms with E-state index >= 15 is 0 Å².